The summed E-state index contributed by atoms with van der Waals surface area (Å²) < 4.78 is 15.0. The first-order valence-electron chi connectivity index (χ1n) is 3.80. The molecule has 4 nitrogen and oxygen atoms in total. The topological polar surface area (TPSA) is 44.8 Å². The van der Waals surface area contributed by atoms with E-state index < -0.39 is 6.10 Å². The summed E-state index contributed by atoms with van der Waals surface area (Å²) in [4.78, 5) is 11.4. The molecule has 0 bridgehead atoms. The Balaban J connectivity index is 2.63. The van der Waals surface area contributed by atoms with Gasteiger partial charge in [0.25, 0.3) is 0 Å². The van der Waals surface area contributed by atoms with Crippen LogP contribution in [0.1, 0.15) is 6.42 Å². The molecule has 0 spiro atoms. The van der Waals surface area contributed by atoms with E-state index >= 15 is 0 Å². The van der Waals surface area contributed by atoms with Crippen molar-refractivity contribution in [2.45, 2.75) is 18.6 Å². The van der Waals surface area contributed by atoms with Crippen LogP contribution >= 0.6 is 28.4 Å². The molecule has 0 aromatic heterocycles. The number of Topliss-reactive ketones (excluding diaryl/α,β-unsaturated/α-hetero) is 1. The second kappa shape index (κ2) is 5.66. The lowest BCUT2D eigenvalue weighted by Crippen LogP contribution is -2.30. The van der Waals surface area contributed by atoms with E-state index in [9.17, 15) is 4.79 Å². The Bertz CT molecular complexity index is 189. The third-order valence-corrected chi connectivity index (χ3v) is 2.96. The number of carbonyl (C=O) groups excluding carboxylic acids is 1. The van der Waals surface area contributed by atoms with Gasteiger partial charge in [-0.3, -0.25) is 4.79 Å². The van der Waals surface area contributed by atoms with Gasteiger partial charge in [-0.2, -0.15) is 0 Å². The summed E-state index contributed by atoms with van der Waals surface area (Å²) in [5, 5.41) is 0. The predicted octanol–water partition coefficient (Wildman–Crippen LogP) is 0.733. The molecule has 76 valence electrons. The smallest absolute Gasteiger partial charge is 0.165 e. The summed E-state index contributed by atoms with van der Waals surface area (Å²) in [6.45, 7) is 0.486. The average Bonchev–Trinajstić information content (AvgIpc) is 2.41. The van der Waals surface area contributed by atoms with Gasteiger partial charge in [-0.05, 0) is 0 Å². The minimum absolute atomic E-state index is 0.0644. The van der Waals surface area contributed by atoms with Crippen LogP contribution in [0.4, 0.5) is 0 Å². The quantitative estimate of drug-likeness (QED) is 0.682. The van der Waals surface area contributed by atoms with E-state index in [1.165, 1.54) is 0 Å². The normalized spacial score (nSPS) is 34.1. The van der Waals surface area contributed by atoms with Crippen LogP contribution in [0, 0.1) is 5.92 Å². The lowest BCUT2D eigenvalue weighted by atomic mass is 10.1. The minimum atomic E-state index is -0.479. The molecular weight excluding hydrogens is 229 g/mol. The Morgan fingerprint density at radius 1 is 1.31 bits per heavy atom. The standard InChI is InChI=1S/C6H13O4P3/c7-4-1-3(2-8-11)5(9-12)6(4)10-13/h3,5-6H,1-2,11-13H2/t3-,5-,6+/m1/s1. The van der Waals surface area contributed by atoms with Crippen molar-refractivity contribution in [3.8, 4) is 0 Å². The number of hydrogen-bond donors (Lipinski definition) is 0. The van der Waals surface area contributed by atoms with Crippen molar-refractivity contribution in [3.05, 3.63) is 0 Å². The summed E-state index contributed by atoms with van der Waals surface area (Å²) in [6.07, 6.45) is -0.254. The Morgan fingerprint density at radius 2 is 2.00 bits per heavy atom. The molecule has 3 unspecified atom stereocenters. The summed E-state index contributed by atoms with van der Waals surface area (Å²) in [6, 6.07) is 0. The first kappa shape index (κ1) is 11.9. The van der Waals surface area contributed by atoms with Crippen LogP contribution in [0.15, 0.2) is 0 Å². The molecule has 0 radical (unpaired) electrons. The van der Waals surface area contributed by atoms with Crippen LogP contribution in [0.3, 0.4) is 0 Å². The molecule has 0 N–H and O–H groups in total. The Labute approximate surface area is 84.3 Å². The molecule has 7 heteroatoms. The first-order valence-corrected chi connectivity index (χ1v) is 5.21. The van der Waals surface area contributed by atoms with Crippen LogP contribution in [0.2, 0.25) is 0 Å². The summed E-state index contributed by atoms with van der Waals surface area (Å²) >= 11 is 0. The highest BCUT2D eigenvalue weighted by Crippen LogP contribution is 2.31. The molecule has 0 aromatic rings. The van der Waals surface area contributed by atoms with Crippen LogP contribution in [0.25, 0.3) is 0 Å². The highest BCUT2D eigenvalue weighted by Gasteiger charge is 2.43. The third kappa shape index (κ3) is 2.65. The van der Waals surface area contributed by atoms with Crippen LogP contribution < -0.4 is 0 Å². The van der Waals surface area contributed by atoms with Gasteiger partial charge in [-0.25, -0.2) is 0 Å². The van der Waals surface area contributed by atoms with Crippen LogP contribution in [0.5, 0.6) is 0 Å². The predicted molar refractivity (Wildman–Crippen MR) is 57.9 cm³/mol. The van der Waals surface area contributed by atoms with Gasteiger partial charge in [0.05, 0.1) is 6.61 Å². The van der Waals surface area contributed by atoms with Gasteiger partial charge >= 0.3 is 0 Å². The maximum Gasteiger partial charge on any atom is 0.165 e. The number of carbonyl (C=O) groups is 1. The molecule has 0 amide bonds. The van der Waals surface area contributed by atoms with Crippen molar-refractivity contribution in [3.63, 3.8) is 0 Å². The van der Waals surface area contributed by atoms with Crippen molar-refractivity contribution in [2.24, 2.45) is 5.92 Å². The lowest BCUT2D eigenvalue weighted by Gasteiger charge is -2.19. The van der Waals surface area contributed by atoms with E-state index in [2.05, 4.69) is 28.4 Å². The molecule has 1 rings (SSSR count). The third-order valence-electron chi connectivity index (χ3n) is 2.16. The van der Waals surface area contributed by atoms with Gasteiger partial charge in [0.2, 0.25) is 0 Å². The van der Waals surface area contributed by atoms with Crippen LogP contribution in [-0.4, -0.2) is 24.6 Å². The second-order valence-corrected chi connectivity index (χ2v) is 3.80. The van der Waals surface area contributed by atoms with Gasteiger partial charge in [0.15, 0.2) is 5.78 Å². The van der Waals surface area contributed by atoms with Gasteiger partial charge in [-0.1, -0.05) is 0 Å². The molecule has 1 fully saturated rings. The molecule has 0 aliphatic heterocycles. The highest BCUT2D eigenvalue weighted by molar-refractivity contribution is 7.10. The van der Waals surface area contributed by atoms with Crippen molar-refractivity contribution in [1.82, 2.24) is 0 Å². The molecule has 1 aliphatic rings. The van der Waals surface area contributed by atoms with Gasteiger partial charge < -0.3 is 13.6 Å². The fourth-order valence-corrected chi connectivity index (χ4v) is 2.45. The second-order valence-electron chi connectivity index (χ2n) is 2.92. The van der Waals surface area contributed by atoms with Gasteiger partial charge in [-0.15, -0.1) is 0 Å². The first-order chi connectivity index (χ1) is 6.24. The van der Waals surface area contributed by atoms with Crippen molar-refractivity contribution >= 4 is 34.2 Å². The molecule has 6 atom stereocenters. The molecule has 13 heavy (non-hydrogen) atoms. The van der Waals surface area contributed by atoms with Crippen LogP contribution in [-0.2, 0) is 18.4 Å². The molecule has 1 aliphatic carbocycles. The van der Waals surface area contributed by atoms with Crippen molar-refractivity contribution in [2.75, 3.05) is 6.61 Å². The fourth-order valence-electron chi connectivity index (χ4n) is 1.53. The summed E-state index contributed by atoms with van der Waals surface area (Å²) in [7, 11) is 6.42. The van der Waals surface area contributed by atoms with Crippen molar-refractivity contribution < 1.29 is 18.4 Å². The molecule has 0 aromatic carbocycles. The molecule has 0 heterocycles. The van der Waals surface area contributed by atoms with E-state index in [4.69, 9.17) is 13.6 Å². The Kier molecular flexibility index (Phi) is 5.18. The lowest BCUT2D eigenvalue weighted by molar-refractivity contribution is -0.124. The SMILES string of the molecule is O=C1C[C@H](COP)[C@@H](OP)[C@H]1OP. The zero-order valence-corrected chi connectivity index (χ0v) is 10.5. The number of hydrogen-bond acceptors (Lipinski definition) is 4. The zero-order chi connectivity index (χ0) is 9.84. The molecule has 0 saturated heterocycles. The maximum absolute atomic E-state index is 11.4. The maximum atomic E-state index is 11.4. The number of rotatable bonds is 4. The van der Waals surface area contributed by atoms with E-state index in [0.29, 0.717) is 13.0 Å². The van der Waals surface area contributed by atoms with E-state index in [-0.39, 0.29) is 17.8 Å². The van der Waals surface area contributed by atoms with E-state index in [0.717, 1.165) is 0 Å². The number of ketones is 1. The average molecular weight is 242 g/mol. The van der Waals surface area contributed by atoms with E-state index in [1.807, 2.05) is 0 Å². The Morgan fingerprint density at radius 3 is 2.46 bits per heavy atom. The Hall–Kier alpha value is 0.840. The zero-order valence-electron chi connectivity index (χ0n) is 7.01. The largest absolute Gasteiger partial charge is 0.365 e. The summed E-state index contributed by atoms with van der Waals surface area (Å²) in [5.41, 5.74) is 0. The fraction of sp³-hybridized carbons (Fsp3) is 0.833. The minimum Gasteiger partial charge on any atom is -0.365 e. The molecular formula is C6H13O4P3. The van der Waals surface area contributed by atoms with Gasteiger partial charge in [0, 0.05) is 40.7 Å². The van der Waals surface area contributed by atoms with Crippen molar-refractivity contribution in [1.29, 1.82) is 0 Å². The monoisotopic (exact) mass is 242 g/mol. The summed E-state index contributed by atoms with van der Waals surface area (Å²) in [5.74, 6) is 0.141. The van der Waals surface area contributed by atoms with Gasteiger partial charge in [0.1, 0.15) is 12.2 Å². The highest BCUT2D eigenvalue weighted by atomic mass is 31.0. The van der Waals surface area contributed by atoms with E-state index in [1.54, 1.807) is 0 Å². The molecule has 1 saturated carbocycles.